The monoisotopic (exact) mass is 632 g/mol. The smallest absolute Gasteiger partial charge is 0.169 e. The third kappa shape index (κ3) is 4.15. The van der Waals surface area contributed by atoms with Crippen molar-refractivity contribution in [3.05, 3.63) is 174 Å². The molecule has 10 rings (SSSR count). The van der Waals surface area contributed by atoms with Crippen molar-refractivity contribution in [3.8, 4) is 5.69 Å². The van der Waals surface area contributed by atoms with Crippen LogP contribution in [0, 0.1) is 0 Å². The second kappa shape index (κ2) is 10.8. The molecular formula is C43H28N4S. The highest BCUT2D eigenvalue weighted by molar-refractivity contribution is 7.27. The fourth-order valence-corrected chi connectivity index (χ4v) is 8.52. The molecule has 0 saturated carbocycles. The van der Waals surface area contributed by atoms with Gasteiger partial charge in [-0.1, -0.05) is 133 Å². The van der Waals surface area contributed by atoms with Gasteiger partial charge in [0.25, 0.3) is 0 Å². The summed E-state index contributed by atoms with van der Waals surface area (Å²) in [5.41, 5.74) is 6.66. The van der Waals surface area contributed by atoms with Crippen molar-refractivity contribution < 1.29 is 0 Å². The second-order valence-corrected chi connectivity index (χ2v) is 13.3. The Labute approximate surface area is 281 Å². The quantitative estimate of drug-likeness (QED) is 0.206. The molecule has 48 heavy (non-hydrogen) atoms. The van der Waals surface area contributed by atoms with Crippen molar-refractivity contribution in [1.82, 2.24) is 9.88 Å². The van der Waals surface area contributed by atoms with E-state index in [9.17, 15) is 0 Å². The third-order valence-electron chi connectivity index (χ3n) is 9.43. The molecule has 0 saturated heterocycles. The standard InChI is InChI=1S/C43H28N4S/c1-3-13-27(14-4-1)41-44-42(28-15-5-2-6-16-28)46-43(45-41)29-23-25-30(26-24-29)47-35-21-11-9-19-33(35)37-38-34-20-10-12-22-36(34)48-40(38)32-18-8-7-17-31(32)39(37)47/h1-26,43H,(H,44,45,46). The molecular weight excluding hydrogens is 605 g/mol. The van der Waals surface area contributed by atoms with Gasteiger partial charge in [0.1, 0.15) is 11.7 Å². The Morgan fingerprint density at radius 1 is 0.500 bits per heavy atom. The maximum Gasteiger partial charge on any atom is 0.169 e. The zero-order valence-electron chi connectivity index (χ0n) is 25.8. The minimum absolute atomic E-state index is 0.374. The highest BCUT2D eigenvalue weighted by Gasteiger charge is 2.23. The number of aromatic nitrogens is 1. The summed E-state index contributed by atoms with van der Waals surface area (Å²) in [6.45, 7) is 0. The first-order chi connectivity index (χ1) is 23.8. The molecule has 4 nitrogen and oxygen atoms in total. The van der Waals surface area contributed by atoms with E-state index in [0.717, 1.165) is 34.0 Å². The Morgan fingerprint density at radius 2 is 1.06 bits per heavy atom. The average molecular weight is 633 g/mol. The molecule has 0 spiro atoms. The molecule has 1 N–H and O–H groups in total. The van der Waals surface area contributed by atoms with E-state index in [2.05, 4.69) is 131 Å². The highest BCUT2D eigenvalue weighted by atomic mass is 32.1. The van der Waals surface area contributed by atoms with E-state index in [4.69, 9.17) is 9.98 Å². The fraction of sp³-hybridized carbons (Fsp3) is 0.0233. The Kier molecular flexibility index (Phi) is 6.08. The number of hydrogen-bond acceptors (Lipinski definition) is 4. The van der Waals surface area contributed by atoms with Gasteiger partial charge in [-0.25, -0.2) is 9.98 Å². The average Bonchev–Trinajstić information content (AvgIpc) is 3.72. The predicted molar refractivity (Wildman–Crippen MR) is 203 cm³/mol. The number of rotatable bonds is 4. The summed E-state index contributed by atoms with van der Waals surface area (Å²) in [6, 6.07) is 55.9. The molecule has 0 radical (unpaired) electrons. The lowest BCUT2D eigenvalue weighted by Gasteiger charge is -2.22. The van der Waals surface area contributed by atoms with Crippen LogP contribution in [-0.2, 0) is 0 Å². The topological polar surface area (TPSA) is 41.7 Å². The molecule has 5 heteroatoms. The minimum atomic E-state index is -0.374. The molecule has 0 atom stereocenters. The predicted octanol–water partition coefficient (Wildman–Crippen LogP) is 10.8. The van der Waals surface area contributed by atoms with Crippen molar-refractivity contribution in [2.45, 2.75) is 6.17 Å². The van der Waals surface area contributed by atoms with Gasteiger partial charge in [-0.15, -0.1) is 11.3 Å². The molecule has 0 aliphatic carbocycles. The highest BCUT2D eigenvalue weighted by Crippen LogP contribution is 2.47. The summed E-state index contributed by atoms with van der Waals surface area (Å²) >= 11 is 1.90. The largest absolute Gasteiger partial charge is 0.324 e. The summed E-state index contributed by atoms with van der Waals surface area (Å²) in [5, 5.41) is 11.3. The van der Waals surface area contributed by atoms with Crippen LogP contribution in [-0.4, -0.2) is 16.2 Å². The summed E-state index contributed by atoms with van der Waals surface area (Å²) < 4.78 is 5.12. The van der Waals surface area contributed by atoms with Gasteiger partial charge >= 0.3 is 0 Å². The van der Waals surface area contributed by atoms with Crippen LogP contribution in [0.5, 0.6) is 0 Å². The molecule has 7 aromatic carbocycles. The lowest BCUT2D eigenvalue weighted by Crippen LogP contribution is -2.35. The van der Waals surface area contributed by atoms with Crippen molar-refractivity contribution in [3.63, 3.8) is 0 Å². The molecule has 0 bridgehead atoms. The van der Waals surface area contributed by atoms with Gasteiger partial charge in [-0.2, -0.15) is 0 Å². The maximum absolute atomic E-state index is 5.10. The summed E-state index contributed by atoms with van der Waals surface area (Å²) in [7, 11) is 0. The molecule has 3 heterocycles. The summed E-state index contributed by atoms with van der Waals surface area (Å²) in [4.78, 5) is 10.2. The summed E-state index contributed by atoms with van der Waals surface area (Å²) in [5.74, 6) is 1.64. The maximum atomic E-state index is 5.10. The van der Waals surface area contributed by atoms with Gasteiger partial charge in [0.15, 0.2) is 6.17 Å². The first kappa shape index (κ1) is 27.1. The summed E-state index contributed by atoms with van der Waals surface area (Å²) in [6.07, 6.45) is -0.374. The van der Waals surface area contributed by atoms with E-state index in [-0.39, 0.29) is 6.17 Å². The van der Waals surface area contributed by atoms with Crippen molar-refractivity contribution in [2.24, 2.45) is 9.98 Å². The zero-order chi connectivity index (χ0) is 31.6. The minimum Gasteiger partial charge on any atom is -0.324 e. The van der Waals surface area contributed by atoms with Crippen LogP contribution in [0.4, 0.5) is 0 Å². The number of amidine groups is 2. The van der Waals surface area contributed by atoms with Gasteiger partial charge < -0.3 is 9.88 Å². The van der Waals surface area contributed by atoms with Crippen LogP contribution in [0.15, 0.2) is 168 Å². The number of hydrogen-bond donors (Lipinski definition) is 1. The normalized spacial score (nSPS) is 13.8. The van der Waals surface area contributed by atoms with Gasteiger partial charge in [0.2, 0.25) is 0 Å². The van der Waals surface area contributed by atoms with Crippen LogP contribution in [0.25, 0.3) is 58.4 Å². The molecule has 0 amide bonds. The van der Waals surface area contributed by atoms with Crippen LogP contribution < -0.4 is 5.32 Å². The van der Waals surface area contributed by atoms with E-state index in [1.807, 2.05) is 47.7 Å². The first-order valence-electron chi connectivity index (χ1n) is 16.2. The number of aliphatic imine (C=N–C) groups is 2. The molecule has 1 aliphatic heterocycles. The Morgan fingerprint density at radius 3 is 1.75 bits per heavy atom. The molecule has 0 fully saturated rings. The number of para-hydroxylation sites is 1. The fourth-order valence-electron chi connectivity index (χ4n) is 7.27. The van der Waals surface area contributed by atoms with Gasteiger partial charge in [-0.3, -0.25) is 0 Å². The van der Waals surface area contributed by atoms with Crippen molar-refractivity contribution in [1.29, 1.82) is 0 Å². The number of nitrogens with zero attached hydrogens (tertiary/aromatic N) is 3. The van der Waals surface area contributed by atoms with E-state index < -0.39 is 0 Å². The number of benzene rings is 7. The number of nitrogens with one attached hydrogen (secondary N) is 1. The van der Waals surface area contributed by atoms with Crippen LogP contribution in [0.3, 0.4) is 0 Å². The van der Waals surface area contributed by atoms with Crippen LogP contribution in [0.1, 0.15) is 22.9 Å². The zero-order valence-corrected chi connectivity index (χ0v) is 26.7. The lowest BCUT2D eigenvalue weighted by molar-refractivity contribution is 0.755. The number of fused-ring (bicyclic) bond motifs is 10. The van der Waals surface area contributed by atoms with Gasteiger partial charge in [0.05, 0.1) is 11.0 Å². The number of thiophene rings is 1. The third-order valence-corrected chi connectivity index (χ3v) is 10.6. The Bertz CT molecular complexity index is 2680. The van der Waals surface area contributed by atoms with Crippen LogP contribution in [0.2, 0.25) is 0 Å². The van der Waals surface area contributed by atoms with Gasteiger partial charge in [0, 0.05) is 58.5 Å². The molecule has 2 aromatic heterocycles. The van der Waals surface area contributed by atoms with E-state index in [1.54, 1.807) is 0 Å². The first-order valence-corrected chi connectivity index (χ1v) is 17.0. The molecule has 226 valence electrons. The molecule has 1 aliphatic rings. The molecule has 9 aromatic rings. The van der Waals surface area contributed by atoms with Crippen LogP contribution >= 0.6 is 11.3 Å². The molecule has 0 unspecified atom stereocenters. The Hall–Kier alpha value is -6.04. The SMILES string of the molecule is c1ccc(C2=NC(c3ccc(-n4c5ccccc5c5c6c7ccccc7sc6c6ccccc6c54)cc3)N=C(c3ccccc3)N2)cc1. The van der Waals surface area contributed by atoms with E-state index in [1.165, 1.54) is 52.8 Å². The van der Waals surface area contributed by atoms with E-state index >= 15 is 0 Å². The van der Waals surface area contributed by atoms with Gasteiger partial charge in [-0.05, 0) is 29.8 Å². The second-order valence-electron chi connectivity index (χ2n) is 12.2. The Balaban J connectivity index is 1.19. The van der Waals surface area contributed by atoms with Crippen molar-refractivity contribution in [2.75, 3.05) is 0 Å². The van der Waals surface area contributed by atoms with Crippen molar-refractivity contribution >= 4 is 75.8 Å². The van der Waals surface area contributed by atoms with E-state index in [0.29, 0.717) is 0 Å². The lowest BCUT2D eigenvalue weighted by atomic mass is 10.00.